The average Bonchev–Trinajstić information content (AvgIpc) is 2.42. The molecule has 4 nitrogen and oxygen atoms in total. The van der Waals surface area contributed by atoms with Crippen LogP contribution in [0.3, 0.4) is 0 Å². The van der Waals surface area contributed by atoms with E-state index >= 15 is 0 Å². The van der Waals surface area contributed by atoms with Crippen LogP contribution in [0.15, 0.2) is 29.3 Å². The van der Waals surface area contributed by atoms with Crippen molar-refractivity contribution < 1.29 is 9.53 Å². The van der Waals surface area contributed by atoms with Crippen LogP contribution in [-0.4, -0.2) is 22.8 Å². The molecule has 0 amide bonds. The van der Waals surface area contributed by atoms with Crippen LogP contribution in [0.25, 0.3) is 0 Å². The van der Waals surface area contributed by atoms with E-state index in [1.54, 1.807) is 6.92 Å². The maximum atomic E-state index is 12.2. The summed E-state index contributed by atoms with van der Waals surface area (Å²) in [7, 11) is 0. The van der Waals surface area contributed by atoms with Crippen molar-refractivity contribution in [2.24, 2.45) is 4.99 Å². The molecule has 1 aromatic carbocycles. The number of rotatable bonds is 1. The number of esters is 1. The SMILES string of the molecule is C[C@]1(CC#N)N=C2c3ccccc3CC[C@@]2(C)OC1=O. The lowest BCUT2D eigenvalue weighted by molar-refractivity contribution is -0.160. The van der Waals surface area contributed by atoms with Crippen LogP contribution in [0.4, 0.5) is 0 Å². The molecule has 1 heterocycles. The molecule has 2 atom stereocenters. The van der Waals surface area contributed by atoms with Crippen LogP contribution in [0.5, 0.6) is 0 Å². The minimum absolute atomic E-state index is 0.0353. The Balaban J connectivity index is 2.19. The van der Waals surface area contributed by atoms with Crippen molar-refractivity contribution >= 4 is 11.7 Å². The molecule has 4 heteroatoms. The van der Waals surface area contributed by atoms with Gasteiger partial charge in [-0.15, -0.1) is 0 Å². The summed E-state index contributed by atoms with van der Waals surface area (Å²) < 4.78 is 5.68. The molecule has 0 bridgehead atoms. The third-order valence-corrected chi connectivity index (χ3v) is 4.18. The predicted molar refractivity (Wildman–Crippen MR) is 74.4 cm³/mol. The minimum atomic E-state index is -1.09. The number of benzene rings is 1. The van der Waals surface area contributed by atoms with E-state index < -0.39 is 17.1 Å². The van der Waals surface area contributed by atoms with Gasteiger partial charge in [-0.3, -0.25) is 4.99 Å². The molecule has 0 N–H and O–H groups in total. The number of aryl methyl sites for hydroxylation is 1. The van der Waals surface area contributed by atoms with E-state index in [-0.39, 0.29) is 6.42 Å². The predicted octanol–water partition coefficient (Wildman–Crippen LogP) is 2.41. The molecular formula is C16H16N2O2. The molecule has 0 spiro atoms. The first-order valence-corrected chi connectivity index (χ1v) is 6.77. The highest BCUT2D eigenvalue weighted by molar-refractivity contribution is 6.12. The monoisotopic (exact) mass is 268 g/mol. The van der Waals surface area contributed by atoms with Gasteiger partial charge in [-0.1, -0.05) is 24.3 Å². The van der Waals surface area contributed by atoms with Crippen LogP contribution in [0.2, 0.25) is 0 Å². The summed E-state index contributed by atoms with van der Waals surface area (Å²) in [5.41, 5.74) is 1.31. The van der Waals surface area contributed by atoms with Gasteiger partial charge in [-0.05, 0) is 32.3 Å². The van der Waals surface area contributed by atoms with Crippen molar-refractivity contribution in [3.63, 3.8) is 0 Å². The summed E-state index contributed by atoms with van der Waals surface area (Å²) in [4.78, 5) is 16.8. The zero-order valence-corrected chi connectivity index (χ0v) is 11.6. The number of carbonyl (C=O) groups is 1. The molecule has 1 aliphatic heterocycles. The van der Waals surface area contributed by atoms with E-state index in [0.717, 1.165) is 24.1 Å². The van der Waals surface area contributed by atoms with Gasteiger partial charge in [0, 0.05) is 5.56 Å². The fourth-order valence-corrected chi connectivity index (χ4v) is 2.90. The molecule has 102 valence electrons. The van der Waals surface area contributed by atoms with Crippen LogP contribution < -0.4 is 0 Å². The molecule has 0 aromatic heterocycles. The number of nitriles is 1. The lowest BCUT2D eigenvalue weighted by Crippen LogP contribution is -2.54. The van der Waals surface area contributed by atoms with Crippen molar-refractivity contribution in [1.82, 2.24) is 0 Å². The maximum absolute atomic E-state index is 12.2. The van der Waals surface area contributed by atoms with E-state index in [9.17, 15) is 4.79 Å². The summed E-state index contributed by atoms with van der Waals surface area (Å²) in [6.45, 7) is 3.58. The number of hydrogen-bond acceptors (Lipinski definition) is 4. The van der Waals surface area contributed by atoms with Crippen molar-refractivity contribution in [3.05, 3.63) is 35.4 Å². The van der Waals surface area contributed by atoms with Gasteiger partial charge in [0.25, 0.3) is 0 Å². The van der Waals surface area contributed by atoms with Gasteiger partial charge in [-0.2, -0.15) is 5.26 Å². The molecule has 0 saturated heterocycles. The Kier molecular flexibility index (Phi) is 2.68. The summed E-state index contributed by atoms with van der Waals surface area (Å²) in [6.07, 6.45) is 1.64. The topological polar surface area (TPSA) is 62.4 Å². The Labute approximate surface area is 118 Å². The highest BCUT2D eigenvalue weighted by atomic mass is 16.6. The average molecular weight is 268 g/mol. The van der Waals surface area contributed by atoms with E-state index in [2.05, 4.69) is 11.1 Å². The maximum Gasteiger partial charge on any atom is 0.335 e. The van der Waals surface area contributed by atoms with Crippen molar-refractivity contribution in [2.45, 2.75) is 44.2 Å². The number of ether oxygens (including phenoxy) is 1. The molecule has 0 unspecified atom stereocenters. The first-order valence-electron chi connectivity index (χ1n) is 6.77. The Bertz CT molecular complexity index is 659. The summed E-state index contributed by atoms with van der Waals surface area (Å²) in [5.74, 6) is -0.398. The Morgan fingerprint density at radius 2 is 2.15 bits per heavy atom. The second kappa shape index (κ2) is 4.17. The van der Waals surface area contributed by atoms with Crippen LogP contribution in [0, 0.1) is 11.3 Å². The number of hydrogen-bond donors (Lipinski definition) is 0. The number of aliphatic imine (C=N–C) groups is 1. The minimum Gasteiger partial charge on any atom is -0.451 e. The standard InChI is InChI=1S/C16H16N2O2/c1-15(9-10-17)14(19)20-16(2)8-7-11-5-3-4-6-12(11)13(16)18-15/h3-6H,7-9H2,1-2H3/t15-,16-/m1/s1. The summed E-state index contributed by atoms with van der Waals surface area (Å²) >= 11 is 0. The Morgan fingerprint density at radius 1 is 1.40 bits per heavy atom. The summed E-state index contributed by atoms with van der Waals surface area (Å²) in [5, 5.41) is 8.93. The molecule has 20 heavy (non-hydrogen) atoms. The third kappa shape index (κ3) is 1.74. The van der Waals surface area contributed by atoms with Gasteiger partial charge in [0.15, 0.2) is 11.1 Å². The lowest BCUT2D eigenvalue weighted by Gasteiger charge is -2.42. The fraction of sp³-hybridized carbons (Fsp3) is 0.438. The van der Waals surface area contributed by atoms with E-state index in [4.69, 9.17) is 10.00 Å². The second-order valence-corrected chi connectivity index (χ2v) is 5.85. The van der Waals surface area contributed by atoms with Crippen LogP contribution in [0.1, 0.15) is 37.8 Å². The van der Waals surface area contributed by atoms with E-state index in [1.807, 2.05) is 31.2 Å². The molecular weight excluding hydrogens is 252 g/mol. The van der Waals surface area contributed by atoms with E-state index in [0.29, 0.717) is 0 Å². The van der Waals surface area contributed by atoms with Crippen molar-refractivity contribution in [2.75, 3.05) is 0 Å². The van der Waals surface area contributed by atoms with E-state index in [1.165, 1.54) is 5.56 Å². The van der Waals surface area contributed by atoms with Gasteiger partial charge < -0.3 is 4.74 Å². The lowest BCUT2D eigenvalue weighted by atomic mass is 9.77. The molecule has 2 aliphatic rings. The molecule has 0 fully saturated rings. The number of nitrogens with zero attached hydrogens (tertiary/aromatic N) is 2. The van der Waals surface area contributed by atoms with Gasteiger partial charge >= 0.3 is 5.97 Å². The van der Waals surface area contributed by atoms with Gasteiger partial charge in [0.1, 0.15) is 0 Å². The van der Waals surface area contributed by atoms with Gasteiger partial charge in [0.2, 0.25) is 0 Å². The quantitative estimate of drug-likeness (QED) is 0.735. The van der Waals surface area contributed by atoms with Crippen LogP contribution >= 0.6 is 0 Å². The molecule has 0 saturated carbocycles. The first kappa shape index (κ1) is 12.9. The highest BCUT2D eigenvalue weighted by Crippen LogP contribution is 2.38. The van der Waals surface area contributed by atoms with Gasteiger partial charge in [-0.25, -0.2) is 4.79 Å². The normalized spacial score (nSPS) is 31.4. The molecule has 0 radical (unpaired) electrons. The largest absolute Gasteiger partial charge is 0.451 e. The highest BCUT2D eigenvalue weighted by Gasteiger charge is 2.50. The number of carbonyl (C=O) groups excluding carboxylic acids is 1. The molecule has 1 aliphatic carbocycles. The fourth-order valence-electron chi connectivity index (χ4n) is 2.90. The number of fused-ring (bicyclic) bond motifs is 3. The van der Waals surface area contributed by atoms with Gasteiger partial charge in [0.05, 0.1) is 18.2 Å². The van der Waals surface area contributed by atoms with Crippen molar-refractivity contribution in [1.29, 1.82) is 5.26 Å². The molecule has 3 rings (SSSR count). The third-order valence-electron chi connectivity index (χ3n) is 4.18. The summed E-state index contributed by atoms with van der Waals surface area (Å²) in [6, 6.07) is 10.1. The Morgan fingerprint density at radius 3 is 2.90 bits per heavy atom. The second-order valence-electron chi connectivity index (χ2n) is 5.85. The zero-order valence-electron chi connectivity index (χ0n) is 11.6. The first-order chi connectivity index (χ1) is 9.48. The molecule has 1 aromatic rings. The zero-order chi connectivity index (χ0) is 14.4. The van der Waals surface area contributed by atoms with Crippen LogP contribution in [-0.2, 0) is 16.0 Å². The Hall–Kier alpha value is -2.15. The van der Waals surface area contributed by atoms with Crippen molar-refractivity contribution in [3.8, 4) is 6.07 Å². The smallest absolute Gasteiger partial charge is 0.335 e.